The summed E-state index contributed by atoms with van der Waals surface area (Å²) in [7, 11) is 0. The zero-order chi connectivity index (χ0) is 12.2. The first-order valence-corrected chi connectivity index (χ1v) is 6.68. The smallest absolute Gasteiger partial charge is 0.0529 e. The quantitative estimate of drug-likeness (QED) is 0.865. The van der Waals surface area contributed by atoms with Crippen LogP contribution in [0.2, 0.25) is 0 Å². The summed E-state index contributed by atoms with van der Waals surface area (Å²) in [6, 6.07) is 4.58. The average Bonchev–Trinajstić information content (AvgIpc) is 2.18. The number of aryl methyl sites for hydroxylation is 1. The van der Waals surface area contributed by atoms with Gasteiger partial charge in [-0.3, -0.25) is 4.98 Å². The Labute approximate surface area is 103 Å². The summed E-state index contributed by atoms with van der Waals surface area (Å²) >= 11 is 1.98. The van der Waals surface area contributed by atoms with Gasteiger partial charge < -0.3 is 5.32 Å². The third-order valence-corrected chi connectivity index (χ3v) is 3.62. The van der Waals surface area contributed by atoms with E-state index in [1.54, 1.807) is 0 Å². The fourth-order valence-electron chi connectivity index (χ4n) is 1.25. The van der Waals surface area contributed by atoms with Crippen molar-refractivity contribution >= 4 is 17.4 Å². The van der Waals surface area contributed by atoms with Crippen LogP contribution in [0.5, 0.6) is 0 Å². The first-order valence-electron chi connectivity index (χ1n) is 5.70. The Morgan fingerprint density at radius 3 is 2.56 bits per heavy atom. The molecule has 0 aliphatic carbocycles. The lowest BCUT2D eigenvalue weighted by Crippen LogP contribution is -2.21. The van der Waals surface area contributed by atoms with Crippen molar-refractivity contribution in [3.05, 3.63) is 24.0 Å². The molecule has 3 heteroatoms. The molecule has 0 saturated heterocycles. The van der Waals surface area contributed by atoms with Crippen LogP contribution in [0.25, 0.3) is 0 Å². The first kappa shape index (κ1) is 13.4. The van der Waals surface area contributed by atoms with Crippen LogP contribution < -0.4 is 5.32 Å². The second-order valence-corrected chi connectivity index (χ2v) is 7.00. The summed E-state index contributed by atoms with van der Waals surface area (Å²) in [5.74, 6) is 1.11. The Balaban J connectivity index is 2.39. The fourth-order valence-corrected chi connectivity index (χ4v) is 2.09. The standard InChI is InChI=1S/C13H22N2S/c1-10-6-7-12(8-14-10)15-11(2)9-16-13(3,4)5/h6-8,11,15H,9H2,1-5H3. The number of pyridine rings is 1. The third-order valence-electron chi connectivity index (χ3n) is 2.09. The van der Waals surface area contributed by atoms with Crippen molar-refractivity contribution < 1.29 is 0 Å². The molecule has 0 saturated carbocycles. The Hall–Kier alpha value is -0.700. The van der Waals surface area contributed by atoms with Crippen LogP contribution in [0.1, 0.15) is 33.4 Å². The summed E-state index contributed by atoms with van der Waals surface area (Å²) in [6.07, 6.45) is 1.90. The van der Waals surface area contributed by atoms with E-state index in [-0.39, 0.29) is 0 Å². The number of hydrogen-bond acceptors (Lipinski definition) is 3. The number of hydrogen-bond donors (Lipinski definition) is 1. The molecule has 90 valence electrons. The van der Waals surface area contributed by atoms with Crippen molar-refractivity contribution in [2.75, 3.05) is 11.1 Å². The number of aromatic nitrogens is 1. The summed E-state index contributed by atoms with van der Waals surface area (Å²) in [5, 5.41) is 3.46. The van der Waals surface area contributed by atoms with E-state index < -0.39 is 0 Å². The van der Waals surface area contributed by atoms with Gasteiger partial charge in [-0.2, -0.15) is 11.8 Å². The van der Waals surface area contributed by atoms with Crippen molar-refractivity contribution in [2.24, 2.45) is 0 Å². The maximum Gasteiger partial charge on any atom is 0.0529 e. The summed E-state index contributed by atoms with van der Waals surface area (Å²) < 4.78 is 0.335. The van der Waals surface area contributed by atoms with Gasteiger partial charge in [-0.15, -0.1) is 0 Å². The molecule has 0 fully saturated rings. The van der Waals surface area contributed by atoms with Gasteiger partial charge in [-0.25, -0.2) is 0 Å². The molecular weight excluding hydrogens is 216 g/mol. The maximum absolute atomic E-state index is 4.27. The number of rotatable bonds is 4. The molecule has 1 N–H and O–H groups in total. The van der Waals surface area contributed by atoms with E-state index in [4.69, 9.17) is 0 Å². The molecule has 2 nitrogen and oxygen atoms in total. The van der Waals surface area contributed by atoms with Crippen LogP contribution in [0, 0.1) is 6.92 Å². The highest BCUT2D eigenvalue weighted by Gasteiger charge is 2.12. The Morgan fingerprint density at radius 1 is 1.38 bits per heavy atom. The molecule has 0 spiro atoms. The molecule has 1 rings (SSSR count). The monoisotopic (exact) mass is 238 g/mol. The van der Waals surface area contributed by atoms with Gasteiger partial charge in [0.25, 0.3) is 0 Å². The number of nitrogens with one attached hydrogen (secondary N) is 1. The van der Waals surface area contributed by atoms with Gasteiger partial charge in [-0.05, 0) is 26.0 Å². The molecule has 1 atom stereocenters. The molecule has 1 unspecified atom stereocenters. The summed E-state index contributed by atoms with van der Waals surface area (Å²) in [4.78, 5) is 4.27. The summed E-state index contributed by atoms with van der Waals surface area (Å²) in [6.45, 7) is 11.0. The van der Waals surface area contributed by atoms with Gasteiger partial charge in [0.15, 0.2) is 0 Å². The molecule has 1 aromatic rings. The summed E-state index contributed by atoms with van der Waals surface area (Å²) in [5.41, 5.74) is 2.16. The highest BCUT2D eigenvalue weighted by Crippen LogP contribution is 2.24. The Morgan fingerprint density at radius 2 is 2.06 bits per heavy atom. The lowest BCUT2D eigenvalue weighted by atomic mass is 10.3. The lowest BCUT2D eigenvalue weighted by Gasteiger charge is -2.21. The number of nitrogens with zero attached hydrogens (tertiary/aromatic N) is 1. The second kappa shape index (κ2) is 5.58. The normalized spacial score (nSPS) is 13.6. The fraction of sp³-hybridized carbons (Fsp3) is 0.615. The van der Waals surface area contributed by atoms with E-state index in [1.165, 1.54) is 0 Å². The molecule has 0 aromatic carbocycles. The van der Waals surface area contributed by atoms with Gasteiger partial charge >= 0.3 is 0 Å². The molecule has 1 aromatic heterocycles. The van der Waals surface area contributed by atoms with E-state index in [2.05, 4.69) is 44.1 Å². The number of thioether (sulfide) groups is 1. The van der Waals surface area contributed by atoms with Crippen molar-refractivity contribution in [3.63, 3.8) is 0 Å². The van der Waals surface area contributed by atoms with Gasteiger partial charge in [0.2, 0.25) is 0 Å². The van der Waals surface area contributed by atoms with Crippen molar-refractivity contribution in [1.29, 1.82) is 0 Å². The van der Waals surface area contributed by atoms with E-state index >= 15 is 0 Å². The lowest BCUT2D eigenvalue weighted by molar-refractivity contribution is 0.793. The van der Waals surface area contributed by atoms with Crippen LogP contribution in [0.4, 0.5) is 5.69 Å². The largest absolute Gasteiger partial charge is 0.381 e. The second-order valence-electron chi connectivity index (χ2n) is 5.16. The van der Waals surface area contributed by atoms with Crippen LogP contribution in [0.15, 0.2) is 18.3 Å². The SMILES string of the molecule is Cc1ccc(NC(C)CSC(C)(C)C)cn1. The molecular formula is C13H22N2S. The van der Waals surface area contributed by atoms with Gasteiger partial charge in [0.1, 0.15) is 0 Å². The molecule has 0 aliphatic heterocycles. The predicted molar refractivity (Wildman–Crippen MR) is 74.3 cm³/mol. The molecule has 0 radical (unpaired) electrons. The average molecular weight is 238 g/mol. The van der Waals surface area contributed by atoms with E-state index in [1.807, 2.05) is 30.9 Å². The zero-order valence-corrected chi connectivity index (χ0v) is 11.7. The van der Waals surface area contributed by atoms with Gasteiger partial charge in [0.05, 0.1) is 11.9 Å². The van der Waals surface area contributed by atoms with Crippen LogP contribution in [0.3, 0.4) is 0 Å². The van der Waals surface area contributed by atoms with Crippen LogP contribution in [-0.4, -0.2) is 21.5 Å². The Bertz CT molecular complexity index is 314. The van der Waals surface area contributed by atoms with E-state index in [9.17, 15) is 0 Å². The Kier molecular flexibility index (Phi) is 4.66. The van der Waals surface area contributed by atoms with Crippen LogP contribution in [-0.2, 0) is 0 Å². The first-order chi connectivity index (χ1) is 7.37. The van der Waals surface area contributed by atoms with Crippen molar-refractivity contribution in [1.82, 2.24) is 4.98 Å². The minimum Gasteiger partial charge on any atom is -0.381 e. The van der Waals surface area contributed by atoms with Crippen molar-refractivity contribution in [2.45, 2.75) is 45.4 Å². The molecule has 0 aliphatic rings. The third kappa shape index (κ3) is 5.40. The topological polar surface area (TPSA) is 24.9 Å². The highest BCUT2D eigenvalue weighted by atomic mass is 32.2. The minimum absolute atomic E-state index is 0.335. The molecule has 1 heterocycles. The minimum atomic E-state index is 0.335. The predicted octanol–water partition coefficient (Wildman–Crippen LogP) is 3.72. The zero-order valence-electron chi connectivity index (χ0n) is 10.9. The highest BCUT2D eigenvalue weighted by molar-refractivity contribution is 8.00. The molecule has 16 heavy (non-hydrogen) atoms. The van der Waals surface area contributed by atoms with Gasteiger partial charge in [0, 0.05) is 22.2 Å². The molecule has 0 bridgehead atoms. The van der Waals surface area contributed by atoms with E-state index in [0.29, 0.717) is 10.8 Å². The van der Waals surface area contributed by atoms with E-state index in [0.717, 1.165) is 17.1 Å². The molecule has 0 amide bonds. The van der Waals surface area contributed by atoms with Crippen LogP contribution >= 0.6 is 11.8 Å². The number of anilines is 1. The maximum atomic E-state index is 4.27. The van der Waals surface area contributed by atoms with Crippen molar-refractivity contribution in [3.8, 4) is 0 Å². The van der Waals surface area contributed by atoms with Gasteiger partial charge in [-0.1, -0.05) is 20.8 Å².